The van der Waals surface area contributed by atoms with E-state index in [-0.39, 0.29) is 42.4 Å². The number of carbonyl (C=O) groups is 4. The van der Waals surface area contributed by atoms with Gasteiger partial charge in [-0.25, -0.2) is 9.59 Å². The average molecular weight is 451 g/mol. The summed E-state index contributed by atoms with van der Waals surface area (Å²) < 4.78 is 15.6. The van der Waals surface area contributed by atoms with Gasteiger partial charge in [0.2, 0.25) is 0 Å². The van der Waals surface area contributed by atoms with E-state index < -0.39 is 30.4 Å². The fraction of sp³-hybridized carbons (Fsp3) is 0.652. The highest BCUT2D eigenvalue weighted by atomic mass is 16.5. The van der Waals surface area contributed by atoms with Crippen molar-refractivity contribution >= 4 is 23.8 Å². The van der Waals surface area contributed by atoms with Crippen molar-refractivity contribution in [3.8, 4) is 0 Å². The summed E-state index contributed by atoms with van der Waals surface area (Å²) in [5, 5.41) is 2.95. The molecule has 2 aliphatic heterocycles. The fourth-order valence-electron chi connectivity index (χ4n) is 4.39. The zero-order chi connectivity index (χ0) is 24.0. The quantitative estimate of drug-likeness (QED) is 0.464. The molecular formula is C23H34N2O7. The van der Waals surface area contributed by atoms with Crippen molar-refractivity contribution in [3.63, 3.8) is 0 Å². The minimum absolute atomic E-state index is 0.0299. The second-order valence-corrected chi connectivity index (χ2v) is 8.11. The number of nitrogens with zero attached hydrogens (tertiary/aromatic N) is 1. The largest absolute Gasteiger partial charge is 0.463 e. The van der Waals surface area contributed by atoms with Crippen LogP contribution in [0.3, 0.4) is 0 Å². The standard InChI is InChI=1S/C23H34N2O7/c1-7-30-21(27)18-15(5)24-16(6)19(22(28)31-8-2)20(18)23(29)32-12-17(26)25-13(3)10-9-11-14(25)4/h13-14,20,24H,7-12H2,1-6H3. The van der Waals surface area contributed by atoms with Crippen molar-refractivity contribution in [1.82, 2.24) is 10.2 Å². The number of rotatable bonds is 7. The van der Waals surface area contributed by atoms with Crippen molar-refractivity contribution in [1.29, 1.82) is 0 Å². The molecule has 178 valence electrons. The highest BCUT2D eigenvalue weighted by Crippen LogP contribution is 2.32. The number of allylic oxidation sites excluding steroid dienone is 2. The Bertz CT molecular complexity index is 780. The molecule has 0 bridgehead atoms. The van der Waals surface area contributed by atoms with E-state index >= 15 is 0 Å². The summed E-state index contributed by atoms with van der Waals surface area (Å²) in [5.41, 5.74) is 0.691. The third-order valence-corrected chi connectivity index (χ3v) is 5.81. The van der Waals surface area contributed by atoms with Crippen molar-refractivity contribution in [2.45, 2.75) is 72.9 Å². The van der Waals surface area contributed by atoms with Crippen LogP contribution < -0.4 is 5.32 Å². The monoisotopic (exact) mass is 450 g/mol. The van der Waals surface area contributed by atoms with Crippen LogP contribution in [0.2, 0.25) is 0 Å². The summed E-state index contributed by atoms with van der Waals surface area (Å²) in [5.74, 6) is -4.00. The maximum atomic E-state index is 13.2. The zero-order valence-electron chi connectivity index (χ0n) is 19.8. The summed E-state index contributed by atoms with van der Waals surface area (Å²) >= 11 is 0. The van der Waals surface area contributed by atoms with Crippen LogP contribution >= 0.6 is 0 Å². The molecule has 0 aliphatic carbocycles. The number of ether oxygens (including phenoxy) is 3. The molecule has 0 aromatic carbocycles. The van der Waals surface area contributed by atoms with Crippen LogP contribution in [0.1, 0.15) is 60.8 Å². The molecule has 1 amide bonds. The van der Waals surface area contributed by atoms with Crippen molar-refractivity contribution in [2.24, 2.45) is 5.92 Å². The molecular weight excluding hydrogens is 416 g/mol. The van der Waals surface area contributed by atoms with Gasteiger partial charge in [0, 0.05) is 23.5 Å². The van der Waals surface area contributed by atoms with E-state index in [1.54, 1.807) is 32.6 Å². The van der Waals surface area contributed by atoms with Gasteiger partial charge in [-0.1, -0.05) is 0 Å². The zero-order valence-corrected chi connectivity index (χ0v) is 19.8. The first kappa shape index (κ1) is 25.4. The number of piperidine rings is 1. The molecule has 1 N–H and O–H groups in total. The smallest absolute Gasteiger partial charge is 0.337 e. The number of nitrogens with one attached hydrogen (secondary N) is 1. The lowest BCUT2D eigenvalue weighted by Crippen LogP contribution is -2.49. The van der Waals surface area contributed by atoms with Crippen LogP contribution in [-0.2, 0) is 33.4 Å². The third kappa shape index (κ3) is 5.49. The van der Waals surface area contributed by atoms with Gasteiger partial charge in [-0.2, -0.15) is 0 Å². The van der Waals surface area contributed by atoms with Crippen molar-refractivity contribution in [2.75, 3.05) is 19.8 Å². The van der Waals surface area contributed by atoms with Crippen molar-refractivity contribution in [3.05, 3.63) is 22.5 Å². The lowest BCUT2D eigenvalue weighted by molar-refractivity contribution is -0.158. The summed E-state index contributed by atoms with van der Waals surface area (Å²) in [6.45, 7) is 10.2. The Balaban J connectivity index is 2.30. The van der Waals surface area contributed by atoms with Crippen molar-refractivity contribution < 1.29 is 33.4 Å². The van der Waals surface area contributed by atoms with Gasteiger partial charge in [-0.15, -0.1) is 0 Å². The van der Waals surface area contributed by atoms with Gasteiger partial charge >= 0.3 is 17.9 Å². The highest BCUT2D eigenvalue weighted by molar-refractivity contribution is 6.05. The van der Waals surface area contributed by atoms with Gasteiger partial charge in [0.1, 0.15) is 5.92 Å². The first-order valence-electron chi connectivity index (χ1n) is 11.1. The molecule has 0 saturated carbocycles. The summed E-state index contributed by atoms with van der Waals surface area (Å²) in [7, 11) is 0. The van der Waals surface area contributed by atoms with Gasteiger partial charge in [0.25, 0.3) is 5.91 Å². The molecule has 1 fully saturated rings. The number of esters is 3. The Morgan fingerprint density at radius 2 is 1.34 bits per heavy atom. The maximum absolute atomic E-state index is 13.2. The Morgan fingerprint density at radius 3 is 1.78 bits per heavy atom. The van der Waals surface area contributed by atoms with E-state index in [0.717, 1.165) is 19.3 Å². The van der Waals surface area contributed by atoms with Gasteiger partial charge in [0.05, 0.1) is 24.4 Å². The van der Waals surface area contributed by atoms with Crippen LogP contribution in [-0.4, -0.2) is 60.6 Å². The number of dihydropyridines is 1. The molecule has 2 aliphatic rings. The molecule has 0 radical (unpaired) electrons. The Hall–Kier alpha value is -2.84. The second kappa shape index (κ2) is 11.2. The van der Waals surface area contributed by atoms with Crippen LogP contribution in [0.5, 0.6) is 0 Å². The average Bonchev–Trinajstić information content (AvgIpc) is 2.71. The number of carbonyl (C=O) groups excluding carboxylic acids is 4. The number of hydrogen-bond donors (Lipinski definition) is 1. The van der Waals surface area contributed by atoms with Gasteiger partial charge in [0.15, 0.2) is 6.61 Å². The first-order chi connectivity index (χ1) is 15.1. The minimum atomic E-state index is -1.35. The third-order valence-electron chi connectivity index (χ3n) is 5.81. The molecule has 0 spiro atoms. The molecule has 0 aromatic heterocycles. The van der Waals surface area contributed by atoms with E-state index in [4.69, 9.17) is 14.2 Å². The Morgan fingerprint density at radius 1 is 0.875 bits per heavy atom. The lowest BCUT2D eigenvalue weighted by atomic mass is 9.85. The maximum Gasteiger partial charge on any atom is 0.337 e. The molecule has 2 rings (SSSR count). The Kier molecular flexibility index (Phi) is 8.86. The van der Waals surface area contributed by atoms with Crippen LogP contribution in [0.4, 0.5) is 0 Å². The topological polar surface area (TPSA) is 111 Å². The van der Waals surface area contributed by atoms with Crippen LogP contribution in [0.25, 0.3) is 0 Å². The number of amides is 1. The molecule has 9 heteroatoms. The van der Waals surface area contributed by atoms with Crippen LogP contribution in [0, 0.1) is 5.92 Å². The first-order valence-corrected chi connectivity index (χ1v) is 11.1. The second-order valence-electron chi connectivity index (χ2n) is 8.11. The normalized spacial score (nSPS) is 21.8. The highest BCUT2D eigenvalue weighted by Gasteiger charge is 2.43. The van der Waals surface area contributed by atoms with E-state index in [9.17, 15) is 19.2 Å². The number of hydrogen-bond acceptors (Lipinski definition) is 8. The van der Waals surface area contributed by atoms with E-state index in [1.165, 1.54) is 0 Å². The molecule has 2 heterocycles. The van der Waals surface area contributed by atoms with E-state index in [0.29, 0.717) is 11.4 Å². The number of likely N-dealkylation sites (tertiary alicyclic amines) is 1. The summed E-state index contributed by atoms with van der Waals surface area (Å²) in [6.07, 6.45) is 2.82. The molecule has 9 nitrogen and oxygen atoms in total. The van der Waals surface area contributed by atoms with E-state index in [1.807, 2.05) is 13.8 Å². The minimum Gasteiger partial charge on any atom is -0.463 e. The predicted octanol–water partition coefficient (Wildman–Crippen LogP) is 2.21. The molecule has 1 saturated heterocycles. The van der Waals surface area contributed by atoms with Gasteiger partial charge in [-0.05, 0) is 60.8 Å². The molecule has 2 atom stereocenters. The molecule has 32 heavy (non-hydrogen) atoms. The summed E-state index contributed by atoms with van der Waals surface area (Å²) in [4.78, 5) is 53.0. The lowest BCUT2D eigenvalue weighted by Gasteiger charge is -2.39. The Labute approximate surface area is 189 Å². The predicted molar refractivity (Wildman–Crippen MR) is 116 cm³/mol. The molecule has 0 aromatic rings. The van der Waals surface area contributed by atoms with E-state index in [2.05, 4.69) is 5.32 Å². The SMILES string of the molecule is CCOC(=O)C1=C(C)NC(C)=C(C(=O)OCC)C1C(=O)OCC(=O)N1C(C)CCCC1C. The summed E-state index contributed by atoms with van der Waals surface area (Å²) in [6, 6.07) is 0.108. The van der Waals surface area contributed by atoms with Crippen LogP contribution in [0.15, 0.2) is 22.5 Å². The fourth-order valence-corrected chi connectivity index (χ4v) is 4.39. The van der Waals surface area contributed by atoms with Gasteiger partial charge in [-0.3, -0.25) is 9.59 Å². The molecule has 2 unspecified atom stereocenters. The van der Waals surface area contributed by atoms with Gasteiger partial charge < -0.3 is 24.4 Å².